The van der Waals surface area contributed by atoms with Crippen molar-refractivity contribution in [2.24, 2.45) is 0 Å². The van der Waals surface area contributed by atoms with Crippen LogP contribution in [0.25, 0.3) is 0 Å². The van der Waals surface area contributed by atoms with E-state index in [1.54, 1.807) is 0 Å². The molecule has 0 heterocycles. The van der Waals surface area contributed by atoms with Gasteiger partial charge in [0.2, 0.25) is 0 Å². The van der Waals surface area contributed by atoms with Crippen LogP contribution >= 0.6 is 0 Å². The molecule has 0 aromatic carbocycles. The molecular formula is C29H54O. The number of allylic oxidation sites excluding steroid dienone is 6. The average Bonchev–Trinajstić information content (AvgIpc) is 2.75. The van der Waals surface area contributed by atoms with Gasteiger partial charge in [-0.05, 0) is 64.7 Å². The highest BCUT2D eigenvalue weighted by Crippen LogP contribution is 2.14. The maximum atomic E-state index is 10.1. The van der Waals surface area contributed by atoms with Crippen molar-refractivity contribution in [3.63, 3.8) is 0 Å². The van der Waals surface area contributed by atoms with Crippen molar-refractivity contribution in [2.45, 2.75) is 148 Å². The van der Waals surface area contributed by atoms with Crippen molar-refractivity contribution >= 4 is 0 Å². The molecule has 1 heteroatoms. The molecule has 0 aliphatic rings. The second-order valence-electron chi connectivity index (χ2n) is 8.93. The molecule has 0 amide bonds. The topological polar surface area (TPSA) is 20.2 Å². The summed E-state index contributed by atoms with van der Waals surface area (Å²) in [4.78, 5) is 0. The molecule has 0 spiro atoms. The van der Waals surface area contributed by atoms with Gasteiger partial charge in [-0.25, -0.2) is 0 Å². The van der Waals surface area contributed by atoms with Crippen LogP contribution in [0.4, 0.5) is 0 Å². The first-order valence-corrected chi connectivity index (χ1v) is 13.4. The summed E-state index contributed by atoms with van der Waals surface area (Å²) in [6.07, 6.45) is 38.9. The number of aliphatic hydroxyl groups excluding tert-OH is 1. The minimum Gasteiger partial charge on any atom is -0.393 e. The zero-order chi connectivity index (χ0) is 22.0. The van der Waals surface area contributed by atoms with Crippen LogP contribution in [0.5, 0.6) is 0 Å². The molecule has 30 heavy (non-hydrogen) atoms. The van der Waals surface area contributed by atoms with Gasteiger partial charge < -0.3 is 5.11 Å². The number of aliphatic hydroxyl groups is 1. The highest BCUT2D eigenvalue weighted by Gasteiger charge is 2.03. The van der Waals surface area contributed by atoms with Gasteiger partial charge in [0.25, 0.3) is 0 Å². The van der Waals surface area contributed by atoms with Crippen LogP contribution in [0.15, 0.2) is 36.5 Å². The van der Waals surface area contributed by atoms with Gasteiger partial charge in [0.15, 0.2) is 0 Å². The van der Waals surface area contributed by atoms with Crippen LogP contribution in [-0.4, -0.2) is 11.2 Å². The fraction of sp³-hybridized carbons (Fsp3) is 0.793. The third-order valence-corrected chi connectivity index (χ3v) is 5.86. The normalized spacial score (nSPS) is 13.3. The molecule has 0 rings (SSSR count). The maximum Gasteiger partial charge on any atom is 0.0540 e. The lowest BCUT2D eigenvalue weighted by Gasteiger charge is -2.10. The molecule has 0 aromatic heterocycles. The summed E-state index contributed by atoms with van der Waals surface area (Å²) in [5, 5.41) is 10.1. The second kappa shape index (κ2) is 26.2. The van der Waals surface area contributed by atoms with Gasteiger partial charge in [-0.3, -0.25) is 0 Å². The van der Waals surface area contributed by atoms with E-state index in [-0.39, 0.29) is 6.10 Å². The first kappa shape index (κ1) is 29.2. The minimum absolute atomic E-state index is 0.0592. The van der Waals surface area contributed by atoms with E-state index >= 15 is 0 Å². The van der Waals surface area contributed by atoms with Crippen LogP contribution in [0, 0.1) is 0 Å². The van der Waals surface area contributed by atoms with Gasteiger partial charge in [-0.2, -0.15) is 0 Å². The quantitative estimate of drug-likeness (QED) is 0.129. The number of hydrogen-bond acceptors (Lipinski definition) is 1. The summed E-state index contributed by atoms with van der Waals surface area (Å²) >= 11 is 0. The molecule has 0 fully saturated rings. The zero-order valence-corrected chi connectivity index (χ0v) is 20.6. The van der Waals surface area contributed by atoms with Gasteiger partial charge in [-0.1, -0.05) is 114 Å². The van der Waals surface area contributed by atoms with Gasteiger partial charge in [0.1, 0.15) is 0 Å². The van der Waals surface area contributed by atoms with Crippen molar-refractivity contribution in [3.8, 4) is 0 Å². The molecule has 0 bridgehead atoms. The summed E-state index contributed by atoms with van der Waals surface area (Å²) in [5.74, 6) is 0. The van der Waals surface area contributed by atoms with E-state index in [4.69, 9.17) is 0 Å². The first-order chi connectivity index (χ1) is 14.8. The molecular weight excluding hydrogens is 364 g/mol. The number of rotatable bonds is 23. The fourth-order valence-corrected chi connectivity index (χ4v) is 3.82. The predicted octanol–water partition coefficient (Wildman–Crippen LogP) is 9.86. The first-order valence-electron chi connectivity index (χ1n) is 13.4. The van der Waals surface area contributed by atoms with Crippen molar-refractivity contribution < 1.29 is 5.11 Å². The van der Waals surface area contributed by atoms with Crippen LogP contribution in [0.1, 0.15) is 142 Å². The monoisotopic (exact) mass is 418 g/mol. The molecule has 0 aliphatic carbocycles. The third kappa shape index (κ3) is 25.2. The Balaban J connectivity index is 3.23. The number of hydrogen-bond donors (Lipinski definition) is 1. The molecule has 0 saturated carbocycles. The molecule has 0 aromatic rings. The summed E-state index contributed by atoms with van der Waals surface area (Å²) in [6, 6.07) is 0. The van der Waals surface area contributed by atoms with Crippen molar-refractivity contribution in [1.82, 2.24) is 0 Å². The summed E-state index contributed by atoms with van der Waals surface area (Å²) in [7, 11) is 0. The van der Waals surface area contributed by atoms with Gasteiger partial charge in [0, 0.05) is 0 Å². The van der Waals surface area contributed by atoms with E-state index in [1.165, 1.54) is 116 Å². The number of unbranched alkanes of at least 4 members (excludes halogenated alkanes) is 14. The SMILES string of the molecule is C/C=C\CC/C=C\CCCCCCC(O)CCCCCCCCC/C=C/CCCC. The van der Waals surface area contributed by atoms with Crippen molar-refractivity contribution in [1.29, 1.82) is 0 Å². The standard InChI is InChI=1S/C29H54O/c1-3-5-7-9-11-13-15-16-18-20-22-24-26-28-29(30)27-25-23-21-19-17-14-12-10-8-6-4-2/h4,6,9,11-12,14,29-30H,3,5,7-8,10,13,15-28H2,1-2H3/b6-4-,11-9+,14-12-. The smallest absolute Gasteiger partial charge is 0.0540 e. The molecule has 1 atom stereocenters. The highest BCUT2D eigenvalue weighted by atomic mass is 16.3. The molecule has 1 N–H and O–H groups in total. The Hall–Kier alpha value is -0.820. The fourth-order valence-electron chi connectivity index (χ4n) is 3.82. The lowest BCUT2D eigenvalue weighted by atomic mass is 10.0. The minimum atomic E-state index is -0.0592. The Labute approximate surface area is 190 Å². The van der Waals surface area contributed by atoms with Gasteiger partial charge in [-0.15, -0.1) is 0 Å². The summed E-state index contributed by atoms with van der Waals surface area (Å²) in [5.41, 5.74) is 0. The lowest BCUT2D eigenvalue weighted by molar-refractivity contribution is 0.147. The van der Waals surface area contributed by atoms with Gasteiger partial charge >= 0.3 is 0 Å². The second-order valence-corrected chi connectivity index (χ2v) is 8.93. The van der Waals surface area contributed by atoms with Crippen LogP contribution in [-0.2, 0) is 0 Å². The maximum absolute atomic E-state index is 10.1. The zero-order valence-electron chi connectivity index (χ0n) is 20.6. The molecule has 0 aliphatic heterocycles. The van der Waals surface area contributed by atoms with Crippen LogP contribution < -0.4 is 0 Å². The van der Waals surface area contributed by atoms with E-state index in [9.17, 15) is 5.11 Å². The molecule has 1 nitrogen and oxygen atoms in total. The van der Waals surface area contributed by atoms with E-state index in [1.807, 2.05) is 0 Å². The van der Waals surface area contributed by atoms with Gasteiger partial charge in [0.05, 0.1) is 6.10 Å². The molecule has 176 valence electrons. The average molecular weight is 419 g/mol. The molecule has 1 unspecified atom stereocenters. The third-order valence-electron chi connectivity index (χ3n) is 5.86. The van der Waals surface area contributed by atoms with Crippen molar-refractivity contribution in [3.05, 3.63) is 36.5 Å². The lowest BCUT2D eigenvalue weighted by Crippen LogP contribution is -2.05. The summed E-state index contributed by atoms with van der Waals surface area (Å²) < 4.78 is 0. The van der Waals surface area contributed by atoms with Crippen LogP contribution in [0.3, 0.4) is 0 Å². The van der Waals surface area contributed by atoms with E-state index < -0.39 is 0 Å². The Morgan fingerprint density at radius 2 is 0.900 bits per heavy atom. The predicted molar refractivity (Wildman–Crippen MR) is 137 cm³/mol. The Morgan fingerprint density at radius 3 is 1.40 bits per heavy atom. The Kier molecular flexibility index (Phi) is 25.5. The molecule has 0 radical (unpaired) electrons. The summed E-state index contributed by atoms with van der Waals surface area (Å²) in [6.45, 7) is 4.34. The Morgan fingerprint density at radius 1 is 0.500 bits per heavy atom. The van der Waals surface area contributed by atoms with Crippen molar-refractivity contribution in [2.75, 3.05) is 0 Å². The Bertz CT molecular complexity index is 393. The van der Waals surface area contributed by atoms with E-state index in [0.717, 1.165) is 12.8 Å². The van der Waals surface area contributed by atoms with E-state index in [2.05, 4.69) is 50.3 Å². The van der Waals surface area contributed by atoms with Crippen LogP contribution in [0.2, 0.25) is 0 Å². The molecule has 0 saturated heterocycles. The van der Waals surface area contributed by atoms with E-state index in [0.29, 0.717) is 0 Å². The highest BCUT2D eigenvalue weighted by molar-refractivity contribution is 4.86. The largest absolute Gasteiger partial charge is 0.393 e.